The summed E-state index contributed by atoms with van der Waals surface area (Å²) in [6.07, 6.45) is -5.19. The summed E-state index contributed by atoms with van der Waals surface area (Å²) >= 11 is 0. The third-order valence-corrected chi connectivity index (χ3v) is 2.22. The summed E-state index contributed by atoms with van der Waals surface area (Å²) in [5.41, 5.74) is 0. The Kier molecular flexibility index (Phi) is 7.89. The molecule has 0 aliphatic rings. The van der Waals surface area contributed by atoms with Crippen molar-refractivity contribution in [3.63, 3.8) is 0 Å². The molecule has 0 aromatic rings. The van der Waals surface area contributed by atoms with E-state index in [9.17, 15) is 19.5 Å². The van der Waals surface area contributed by atoms with Gasteiger partial charge in [0.15, 0.2) is 24.6 Å². The second kappa shape index (κ2) is 8.57. The molecule has 0 fully saturated rings. The summed E-state index contributed by atoms with van der Waals surface area (Å²) in [5, 5.41) is 18.5. The normalized spacial score (nSPS) is 16.9. The van der Waals surface area contributed by atoms with Crippen molar-refractivity contribution in [3.8, 4) is 0 Å². The Labute approximate surface area is 110 Å². The average Bonchev–Trinajstić information content (AvgIpc) is 2.34. The van der Waals surface area contributed by atoms with E-state index in [4.69, 9.17) is 19.3 Å². The third kappa shape index (κ3) is 5.77. The Morgan fingerprint density at radius 3 is 1.95 bits per heavy atom. The topological polar surface area (TPSA) is 119 Å². The van der Waals surface area contributed by atoms with Crippen molar-refractivity contribution in [1.29, 1.82) is 0 Å². The minimum absolute atomic E-state index is 0.341. The zero-order valence-electron chi connectivity index (χ0n) is 10.9. The molecule has 2 N–H and O–H groups in total. The number of carbonyl (C=O) groups is 3. The van der Waals surface area contributed by atoms with Crippen LogP contribution in [0.5, 0.6) is 0 Å². The smallest absolute Gasteiger partial charge is 0.303 e. The van der Waals surface area contributed by atoms with E-state index in [1.165, 1.54) is 7.11 Å². The van der Waals surface area contributed by atoms with Gasteiger partial charge >= 0.3 is 11.9 Å². The number of hydrogen-bond donors (Lipinski definition) is 2. The minimum Gasteiger partial charge on any atom is -0.456 e. The molecule has 0 unspecified atom stereocenters. The molecule has 0 aromatic carbocycles. The monoisotopic (exact) mass is 278 g/mol. The summed E-state index contributed by atoms with van der Waals surface area (Å²) < 4.78 is 14.4. The molecule has 0 aromatic heterocycles. The highest BCUT2D eigenvalue weighted by atomic mass is 16.6. The van der Waals surface area contributed by atoms with Gasteiger partial charge in [0.2, 0.25) is 0 Å². The molecule has 0 radical (unpaired) electrons. The first-order valence-corrected chi connectivity index (χ1v) is 5.48. The van der Waals surface area contributed by atoms with E-state index >= 15 is 0 Å². The van der Waals surface area contributed by atoms with Gasteiger partial charge in [-0.15, -0.1) is 0 Å². The molecule has 110 valence electrons. The van der Waals surface area contributed by atoms with Gasteiger partial charge in [0.1, 0.15) is 6.10 Å². The van der Waals surface area contributed by atoms with Gasteiger partial charge in [-0.05, 0) is 0 Å². The van der Waals surface area contributed by atoms with E-state index < -0.39 is 43.0 Å². The van der Waals surface area contributed by atoms with E-state index in [1.807, 2.05) is 0 Å². The fraction of sp³-hybridized carbons (Fsp3) is 0.727. The van der Waals surface area contributed by atoms with Gasteiger partial charge in [0, 0.05) is 21.0 Å². The quantitative estimate of drug-likeness (QED) is 0.403. The Balaban J connectivity index is 5.25. The van der Waals surface area contributed by atoms with Gasteiger partial charge in [-0.25, -0.2) is 0 Å². The van der Waals surface area contributed by atoms with Crippen molar-refractivity contribution in [2.75, 3.05) is 13.7 Å². The van der Waals surface area contributed by atoms with Crippen LogP contribution in [0.3, 0.4) is 0 Å². The summed E-state index contributed by atoms with van der Waals surface area (Å²) in [5.74, 6) is -1.52. The maximum atomic E-state index is 11.0. The Hall–Kier alpha value is -1.51. The largest absolute Gasteiger partial charge is 0.456 e. The Morgan fingerprint density at radius 1 is 1.16 bits per heavy atom. The molecule has 4 atom stereocenters. The molecule has 0 aliphatic heterocycles. The highest BCUT2D eigenvalue weighted by Crippen LogP contribution is 2.15. The van der Waals surface area contributed by atoms with Gasteiger partial charge in [-0.2, -0.15) is 0 Å². The lowest BCUT2D eigenvalue weighted by Crippen LogP contribution is -2.51. The van der Waals surface area contributed by atoms with Crippen molar-refractivity contribution in [1.82, 2.24) is 0 Å². The van der Waals surface area contributed by atoms with Crippen molar-refractivity contribution in [2.45, 2.75) is 38.3 Å². The fourth-order valence-electron chi connectivity index (χ4n) is 1.44. The van der Waals surface area contributed by atoms with Crippen LogP contribution in [0.15, 0.2) is 0 Å². The number of aliphatic hydroxyl groups excluding tert-OH is 2. The lowest BCUT2D eigenvalue weighted by Gasteiger charge is -2.31. The van der Waals surface area contributed by atoms with Gasteiger partial charge in [0.05, 0.1) is 6.61 Å². The molecule has 8 nitrogen and oxygen atoms in total. The molecule has 0 heterocycles. The molecule has 19 heavy (non-hydrogen) atoms. The van der Waals surface area contributed by atoms with E-state index in [0.717, 1.165) is 13.8 Å². The summed E-state index contributed by atoms with van der Waals surface area (Å²) in [6, 6.07) is 0. The summed E-state index contributed by atoms with van der Waals surface area (Å²) in [4.78, 5) is 32.9. The number of ether oxygens (including phenoxy) is 3. The van der Waals surface area contributed by atoms with Crippen LogP contribution in [0.4, 0.5) is 0 Å². The first-order chi connectivity index (χ1) is 8.87. The average molecular weight is 278 g/mol. The van der Waals surface area contributed by atoms with E-state index in [0.29, 0.717) is 6.29 Å². The van der Waals surface area contributed by atoms with E-state index in [1.54, 1.807) is 0 Å². The van der Waals surface area contributed by atoms with Crippen molar-refractivity contribution < 1.29 is 38.8 Å². The third-order valence-electron chi connectivity index (χ3n) is 2.22. The van der Waals surface area contributed by atoms with Crippen LogP contribution in [0.2, 0.25) is 0 Å². The highest BCUT2D eigenvalue weighted by molar-refractivity contribution is 5.68. The van der Waals surface area contributed by atoms with Gasteiger partial charge < -0.3 is 29.2 Å². The number of aliphatic hydroxyl groups is 2. The highest BCUT2D eigenvalue weighted by Gasteiger charge is 2.39. The summed E-state index contributed by atoms with van der Waals surface area (Å²) in [7, 11) is 1.19. The van der Waals surface area contributed by atoms with Gasteiger partial charge in [-0.1, -0.05) is 0 Å². The standard InChI is InChI=1S/C11H18O8/c1-6(14)18-10(8(16)4-12)11(19-7(2)15)9(5-13)17-3/h5,8-12,16H,4H2,1-3H3/t8-,9+,10-,11-/m1/s1. The lowest BCUT2D eigenvalue weighted by atomic mass is 10.0. The molecule has 0 aliphatic carbocycles. The number of rotatable bonds is 8. The zero-order chi connectivity index (χ0) is 15.0. The zero-order valence-corrected chi connectivity index (χ0v) is 10.9. The second-order valence-electron chi connectivity index (χ2n) is 3.73. The number of aldehydes is 1. The molecule has 8 heteroatoms. The van der Waals surface area contributed by atoms with E-state index in [2.05, 4.69) is 0 Å². The van der Waals surface area contributed by atoms with Crippen molar-refractivity contribution in [2.24, 2.45) is 0 Å². The van der Waals surface area contributed by atoms with Gasteiger partial charge in [0.25, 0.3) is 0 Å². The lowest BCUT2D eigenvalue weighted by molar-refractivity contribution is -0.189. The minimum atomic E-state index is -1.52. The number of methoxy groups -OCH3 is 1. The molecule has 0 spiro atoms. The number of hydrogen-bond acceptors (Lipinski definition) is 8. The first kappa shape index (κ1) is 17.5. The second-order valence-corrected chi connectivity index (χ2v) is 3.73. The SMILES string of the molecule is CO[C@@H](C=O)[C@@H](OC(C)=O)[C@H](OC(C)=O)[C@H](O)CO. The summed E-state index contributed by atoms with van der Waals surface area (Å²) in [6.45, 7) is 1.41. The molecule has 0 saturated heterocycles. The maximum absolute atomic E-state index is 11.0. The van der Waals surface area contributed by atoms with Crippen molar-refractivity contribution >= 4 is 18.2 Å². The predicted molar refractivity (Wildman–Crippen MR) is 61.1 cm³/mol. The van der Waals surface area contributed by atoms with Crippen LogP contribution < -0.4 is 0 Å². The van der Waals surface area contributed by atoms with Crippen LogP contribution in [-0.4, -0.2) is 66.6 Å². The molecule has 0 saturated carbocycles. The molecule has 0 bridgehead atoms. The van der Waals surface area contributed by atoms with Crippen LogP contribution >= 0.6 is 0 Å². The van der Waals surface area contributed by atoms with Crippen LogP contribution in [-0.2, 0) is 28.6 Å². The Bertz CT molecular complexity index is 316. The van der Waals surface area contributed by atoms with Crippen LogP contribution in [0.25, 0.3) is 0 Å². The van der Waals surface area contributed by atoms with Crippen LogP contribution in [0.1, 0.15) is 13.8 Å². The van der Waals surface area contributed by atoms with Crippen molar-refractivity contribution in [3.05, 3.63) is 0 Å². The number of carbonyl (C=O) groups excluding carboxylic acids is 3. The molecule has 0 amide bonds. The van der Waals surface area contributed by atoms with Crippen LogP contribution in [0, 0.1) is 0 Å². The van der Waals surface area contributed by atoms with Gasteiger partial charge in [-0.3, -0.25) is 9.59 Å². The Morgan fingerprint density at radius 2 is 1.63 bits per heavy atom. The molecular weight excluding hydrogens is 260 g/mol. The van der Waals surface area contributed by atoms with E-state index in [-0.39, 0.29) is 0 Å². The predicted octanol–water partition coefficient (Wildman–Crippen LogP) is -1.58. The molecule has 0 rings (SSSR count). The maximum Gasteiger partial charge on any atom is 0.303 e. The first-order valence-electron chi connectivity index (χ1n) is 5.48. The fourth-order valence-corrected chi connectivity index (χ4v) is 1.44. The molecular formula is C11H18O8. The number of esters is 2.